The molecule has 1 aromatic heterocycles. The van der Waals surface area contributed by atoms with Gasteiger partial charge in [-0.15, -0.1) is 0 Å². The van der Waals surface area contributed by atoms with Gasteiger partial charge in [0.05, 0.1) is 11.2 Å². The van der Waals surface area contributed by atoms with Crippen LogP contribution in [-0.4, -0.2) is 53.3 Å². The minimum absolute atomic E-state index is 0.00690. The zero-order valence-corrected chi connectivity index (χ0v) is 16.4. The van der Waals surface area contributed by atoms with Crippen LogP contribution in [0.3, 0.4) is 0 Å². The van der Waals surface area contributed by atoms with E-state index < -0.39 is 7.12 Å². The fraction of sp³-hybridized carbons (Fsp3) is 0.722. The van der Waals surface area contributed by atoms with Crippen molar-refractivity contribution in [3.63, 3.8) is 0 Å². The second-order valence-electron chi connectivity index (χ2n) is 8.18. The van der Waals surface area contributed by atoms with Gasteiger partial charge in [-0.25, -0.2) is 9.97 Å². The molecular weight excluding hydrogens is 331 g/mol. The second kappa shape index (κ2) is 7.16. The molecule has 1 atom stereocenters. The van der Waals surface area contributed by atoms with Gasteiger partial charge in [0, 0.05) is 43.9 Å². The largest absolute Gasteiger partial charge is 0.498 e. The lowest BCUT2D eigenvalue weighted by atomic mass is 9.81. The molecule has 2 fully saturated rings. The molecule has 0 radical (unpaired) electrons. The number of carbonyl (C=O) groups excluding carboxylic acids is 1. The van der Waals surface area contributed by atoms with Gasteiger partial charge in [-0.3, -0.25) is 4.79 Å². The van der Waals surface area contributed by atoms with Crippen molar-refractivity contribution in [2.45, 2.75) is 71.1 Å². The summed E-state index contributed by atoms with van der Waals surface area (Å²) in [7, 11) is -0.453. The van der Waals surface area contributed by atoms with Gasteiger partial charge in [0.2, 0.25) is 11.9 Å². The number of hydrogen-bond acceptors (Lipinski definition) is 6. The molecule has 0 bridgehead atoms. The molecule has 0 spiro atoms. The Hall–Kier alpha value is -1.67. The Morgan fingerprint density at radius 3 is 2.42 bits per heavy atom. The molecule has 0 saturated carbocycles. The second-order valence-corrected chi connectivity index (χ2v) is 8.18. The molecule has 3 rings (SSSR count). The lowest BCUT2D eigenvalue weighted by Crippen LogP contribution is -2.47. The average Bonchev–Trinajstić information content (AvgIpc) is 2.81. The van der Waals surface area contributed by atoms with E-state index in [2.05, 4.69) is 20.2 Å². The van der Waals surface area contributed by atoms with Crippen LogP contribution < -0.4 is 15.7 Å². The third kappa shape index (κ3) is 3.86. The first-order valence-corrected chi connectivity index (χ1v) is 9.38. The normalized spacial score (nSPS) is 24.6. The molecule has 2 saturated heterocycles. The van der Waals surface area contributed by atoms with E-state index in [1.54, 1.807) is 19.3 Å². The third-order valence-corrected chi connectivity index (χ3v) is 5.65. The minimum Gasteiger partial charge on any atom is -0.399 e. The summed E-state index contributed by atoms with van der Waals surface area (Å²) in [5.74, 6) is 0.688. The number of nitrogens with one attached hydrogen (secondary N) is 1. The van der Waals surface area contributed by atoms with Gasteiger partial charge in [-0.05, 0) is 47.0 Å². The molecular formula is C18H29BN4O3. The van der Waals surface area contributed by atoms with Crippen LogP contribution in [0.4, 0.5) is 5.95 Å². The maximum Gasteiger partial charge on any atom is 0.498 e. The summed E-state index contributed by atoms with van der Waals surface area (Å²) in [6.07, 6.45) is 6.87. The van der Waals surface area contributed by atoms with E-state index in [9.17, 15) is 4.79 Å². The van der Waals surface area contributed by atoms with Gasteiger partial charge >= 0.3 is 7.12 Å². The fourth-order valence-corrected chi connectivity index (χ4v) is 3.32. The maximum atomic E-state index is 11.2. The number of rotatable bonds is 4. The first-order chi connectivity index (χ1) is 12.2. The molecule has 26 heavy (non-hydrogen) atoms. The molecule has 1 unspecified atom stereocenters. The van der Waals surface area contributed by atoms with Gasteiger partial charge in [-0.1, -0.05) is 0 Å². The number of carbonyl (C=O) groups is 1. The number of aromatic nitrogens is 2. The fourth-order valence-electron chi connectivity index (χ4n) is 3.32. The van der Waals surface area contributed by atoms with Crippen molar-refractivity contribution in [2.75, 3.05) is 18.0 Å². The number of piperidine rings is 1. The van der Waals surface area contributed by atoms with Crippen LogP contribution in [0.2, 0.25) is 0 Å². The Kier molecular flexibility index (Phi) is 5.26. The highest BCUT2D eigenvalue weighted by molar-refractivity contribution is 6.61. The van der Waals surface area contributed by atoms with Gasteiger partial charge in [0.25, 0.3) is 0 Å². The Labute approximate surface area is 156 Å². The Morgan fingerprint density at radius 2 is 1.85 bits per heavy atom. The van der Waals surface area contributed by atoms with Gasteiger partial charge in [-0.2, -0.15) is 0 Å². The van der Waals surface area contributed by atoms with Crippen molar-refractivity contribution in [1.29, 1.82) is 0 Å². The summed E-state index contributed by atoms with van der Waals surface area (Å²) in [5.41, 5.74) is 0.0575. The number of amides is 1. The molecule has 2 aliphatic heterocycles. The summed E-state index contributed by atoms with van der Waals surface area (Å²) >= 11 is 0. The Bertz CT molecular complexity index is 634. The quantitative estimate of drug-likeness (QED) is 0.815. The Morgan fingerprint density at radius 1 is 1.23 bits per heavy atom. The van der Waals surface area contributed by atoms with Crippen molar-refractivity contribution in [1.82, 2.24) is 15.3 Å². The first kappa shape index (κ1) is 19.1. The number of hydrogen-bond donors (Lipinski definition) is 1. The highest BCUT2D eigenvalue weighted by Gasteiger charge is 2.52. The molecule has 3 heterocycles. The minimum atomic E-state index is -0.453. The smallest absolute Gasteiger partial charge is 0.399 e. The molecule has 0 aromatic carbocycles. The SMILES string of the molecule is CC(=O)NCC1CCCCN1c1ncc(B2OC(C)(C)C(C)(C)O2)cn1. The van der Waals surface area contributed by atoms with Crippen LogP contribution in [0.1, 0.15) is 53.9 Å². The highest BCUT2D eigenvalue weighted by atomic mass is 16.7. The summed E-state index contributed by atoms with van der Waals surface area (Å²) in [5, 5.41) is 2.91. The van der Waals surface area contributed by atoms with E-state index in [1.807, 2.05) is 27.7 Å². The van der Waals surface area contributed by atoms with E-state index in [4.69, 9.17) is 9.31 Å². The van der Waals surface area contributed by atoms with Crippen LogP contribution in [0.25, 0.3) is 0 Å². The van der Waals surface area contributed by atoms with Crippen LogP contribution >= 0.6 is 0 Å². The summed E-state index contributed by atoms with van der Waals surface area (Å²) < 4.78 is 12.1. The van der Waals surface area contributed by atoms with Crippen LogP contribution in [-0.2, 0) is 14.1 Å². The number of anilines is 1. The van der Waals surface area contributed by atoms with E-state index in [-0.39, 0.29) is 23.2 Å². The Balaban J connectivity index is 1.71. The molecule has 1 amide bonds. The monoisotopic (exact) mass is 360 g/mol. The summed E-state index contributed by atoms with van der Waals surface area (Å²) in [4.78, 5) is 22.5. The van der Waals surface area contributed by atoms with E-state index in [0.717, 1.165) is 31.3 Å². The van der Waals surface area contributed by atoms with Crippen LogP contribution in [0.5, 0.6) is 0 Å². The average molecular weight is 360 g/mol. The third-order valence-electron chi connectivity index (χ3n) is 5.65. The summed E-state index contributed by atoms with van der Waals surface area (Å²) in [6.45, 7) is 11.2. The lowest BCUT2D eigenvalue weighted by molar-refractivity contribution is -0.119. The summed E-state index contributed by atoms with van der Waals surface area (Å²) in [6, 6.07) is 0.232. The van der Waals surface area contributed by atoms with Gasteiger partial charge in [0.15, 0.2) is 0 Å². The topological polar surface area (TPSA) is 76.6 Å². The van der Waals surface area contributed by atoms with Crippen molar-refractivity contribution < 1.29 is 14.1 Å². The van der Waals surface area contributed by atoms with Crippen LogP contribution in [0.15, 0.2) is 12.4 Å². The van der Waals surface area contributed by atoms with Crippen LogP contribution in [0, 0.1) is 0 Å². The highest BCUT2D eigenvalue weighted by Crippen LogP contribution is 2.36. The molecule has 7 nitrogen and oxygen atoms in total. The zero-order chi connectivity index (χ0) is 18.9. The molecule has 2 aliphatic rings. The zero-order valence-electron chi connectivity index (χ0n) is 16.4. The lowest BCUT2D eigenvalue weighted by Gasteiger charge is -2.35. The molecule has 8 heteroatoms. The molecule has 142 valence electrons. The predicted molar refractivity (Wildman–Crippen MR) is 101 cm³/mol. The van der Waals surface area contributed by atoms with Crippen molar-refractivity contribution in [3.05, 3.63) is 12.4 Å². The molecule has 1 aromatic rings. The van der Waals surface area contributed by atoms with Crippen molar-refractivity contribution in [2.24, 2.45) is 0 Å². The van der Waals surface area contributed by atoms with E-state index in [0.29, 0.717) is 12.5 Å². The maximum absolute atomic E-state index is 11.2. The predicted octanol–water partition coefficient (Wildman–Crippen LogP) is 1.27. The number of nitrogens with zero attached hydrogens (tertiary/aromatic N) is 3. The standard InChI is InChI=1S/C18H29BN4O3/c1-13(24)20-12-15-8-6-7-9-23(15)16-21-10-14(11-22-16)19-25-17(2,3)18(4,5)26-19/h10-11,15H,6-9,12H2,1-5H3,(H,20,24). The molecule has 0 aliphatic carbocycles. The van der Waals surface area contributed by atoms with E-state index >= 15 is 0 Å². The van der Waals surface area contributed by atoms with E-state index in [1.165, 1.54) is 0 Å². The first-order valence-electron chi connectivity index (χ1n) is 9.38. The van der Waals surface area contributed by atoms with Crippen molar-refractivity contribution in [3.8, 4) is 0 Å². The van der Waals surface area contributed by atoms with Gasteiger partial charge < -0.3 is 19.5 Å². The molecule has 1 N–H and O–H groups in total. The van der Waals surface area contributed by atoms with Crippen molar-refractivity contribution >= 4 is 24.4 Å². The van der Waals surface area contributed by atoms with Gasteiger partial charge in [0.1, 0.15) is 0 Å².